The molecule has 0 amide bonds. The van der Waals surface area contributed by atoms with Crippen LogP contribution in [-0.4, -0.2) is 123 Å². The molecular weight excluding hydrogens is 1000 g/mol. The van der Waals surface area contributed by atoms with Gasteiger partial charge in [-0.1, -0.05) is 59.1 Å². The summed E-state index contributed by atoms with van der Waals surface area (Å²) < 4.78 is 67.4. The third kappa shape index (κ3) is 14.5. The van der Waals surface area contributed by atoms with Gasteiger partial charge in [-0.3, -0.25) is 24.0 Å². The van der Waals surface area contributed by atoms with E-state index in [9.17, 15) is 33.6 Å². The first-order valence-corrected chi connectivity index (χ1v) is 23.1. The maximum Gasteiger partial charge on any atom is 0.338 e. The van der Waals surface area contributed by atoms with Gasteiger partial charge in [-0.25, -0.2) is 9.59 Å². The molecule has 2 heterocycles. The van der Waals surface area contributed by atoms with E-state index in [-0.39, 0.29) is 35.0 Å². The molecule has 0 aromatic heterocycles. The van der Waals surface area contributed by atoms with Crippen LogP contribution in [-0.2, 0) is 76.1 Å². The number of rotatable bonds is 16. The highest BCUT2D eigenvalue weighted by Gasteiger charge is 2.56. The Bertz CT molecular complexity index is 2030. The monoisotopic (exact) mass is 1050 g/mol. The van der Waals surface area contributed by atoms with E-state index in [4.69, 9.17) is 52.1 Å². The topological polar surface area (TPSA) is 221 Å². The summed E-state index contributed by atoms with van der Waals surface area (Å²) in [5.41, 5.74) is 0.256. The van der Waals surface area contributed by atoms with Gasteiger partial charge in [-0.05, 0) is 79.1 Å². The fraction of sp³-hybridized carbons (Fsp3) is 0.587. The van der Waals surface area contributed by atoms with Gasteiger partial charge in [0.2, 0.25) is 0 Å². The molecule has 3 aliphatic rings. The van der Waals surface area contributed by atoms with Crippen molar-refractivity contribution in [1.29, 1.82) is 0 Å². The fourth-order valence-corrected chi connectivity index (χ4v) is 8.80. The van der Waals surface area contributed by atoms with E-state index in [1.807, 2.05) is 0 Å². The minimum atomic E-state index is -1.71. The van der Waals surface area contributed by atoms with E-state index in [1.165, 1.54) is 24.3 Å². The first kappa shape index (κ1) is 52.5. The highest BCUT2D eigenvalue weighted by Crippen LogP contribution is 2.39. The quantitative estimate of drug-likeness (QED) is 0.135. The van der Waals surface area contributed by atoms with Crippen LogP contribution in [0, 0.1) is 17.8 Å². The Morgan fingerprint density at radius 1 is 0.561 bits per heavy atom. The Balaban J connectivity index is 1.54. The molecule has 0 unspecified atom stereocenters. The zero-order valence-electron chi connectivity index (χ0n) is 37.8. The van der Waals surface area contributed by atoms with Crippen molar-refractivity contribution in [3.05, 3.63) is 68.6 Å². The van der Waals surface area contributed by atoms with Gasteiger partial charge in [0.1, 0.15) is 18.8 Å². The Kier molecular flexibility index (Phi) is 19.1. The third-order valence-electron chi connectivity index (χ3n) is 11.2. The molecule has 2 aromatic rings. The second-order valence-corrected chi connectivity index (χ2v) is 18.6. The van der Waals surface area contributed by atoms with Gasteiger partial charge in [0.05, 0.1) is 23.8 Å². The smallest absolute Gasteiger partial charge is 0.338 e. The molecule has 0 radical (unpaired) electrons. The van der Waals surface area contributed by atoms with Crippen molar-refractivity contribution in [2.45, 2.75) is 142 Å². The van der Waals surface area contributed by atoms with E-state index in [1.54, 1.807) is 24.3 Å². The Morgan fingerprint density at radius 3 is 1.48 bits per heavy atom. The van der Waals surface area contributed by atoms with Gasteiger partial charge < -0.3 is 52.1 Å². The first-order chi connectivity index (χ1) is 31.2. The SMILES string of the molecule is CC(=O)O[C@@H]1[C@@H](OC(C)=O)[C@@H](O[C@H]2C[C@@H](C)CC[C@@H]2C(C)C)O[C@H](CO[C@@H]2O[C@H](COC(=O)c3ccc(Br)cc3)[C@@H](OC(=O)c3ccc(Br)cc3)[C@H](OC(C)=O)[C@H]2OC(C)=O)[C@H]1OC(C)=O. The van der Waals surface area contributed by atoms with Gasteiger partial charge in [0, 0.05) is 43.6 Å². The van der Waals surface area contributed by atoms with E-state index in [0.717, 1.165) is 47.5 Å². The number of hydrogen-bond donors (Lipinski definition) is 0. The average molecular weight is 1060 g/mol. The predicted molar refractivity (Wildman–Crippen MR) is 235 cm³/mol. The zero-order valence-corrected chi connectivity index (χ0v) is 41.0. The lowest BCUT2D eigenvalue weighted by Gasteiger charge is -2.47. The largest absolute Gasteiger partial charge is 0.459 e. The summed E-state index contributed by atoms with van der Waals surface area (Å²) in [6.45, 7) is 10.6. The molecule has 5 rings (SSSR count). The summed E-state index contributed by atoms with van der Waals surface area (Å²) in [6, 6.07) is 12.4. The minimum absolute atomic E-state index is 0.0785. The highest BCUT2D eigenvalue weighted by molar-refractivity contribution is 9.10. The van der Waals surface area contributed by atoms with Crippen LogP contribution in [0.4, 0.5) is 0 Å². The standard InChI is InChI=1S/C46H56Br2O18/c1-22(2)33-18-9-23(3)19-34(33)63-46-42(62-28(8)53)39(59-25(5)50)37(58-24(4)49)36(65-46)21-57-45-41(61-27(7)52)40(60-26(6)51)38(66-44(55)30-12-16-32(48)17-13-30)35(64-45)20-56-43(54)29-10-14-31(47)15-11-29/h10-17,22-23,33-42,45-46H,9,18-21H2,1-8H3/t23-,33+,34-,35+,36+,37+,38+,39-,40-,41+,42+,45+,46-/m0/s1. The number of benzene rings is 2. The van der Waals surface area contributed by atoms with Crippen molar-refractivity contribution in [2.24, 2.45) is 17.8 Å². The van der Waals surface area contributed by atoms with Crippen LogP contribution in [0.3, 0.4) is 0 Å². The summed E-state index contributed by atoms with van der Waals surface area (Å²) in [6.07, 6.45) is -13.2. The normalized spacial score (nSPS) is 29.7. The molecule has 3 fully saturated rings. The van der Waals surface area contributed by atoms with Gasteiger partial charge in [-0.2, -0.15) is 0 Å². The molecule has 1 aliphatic carbocycles. The number of esters is 7. The molecular formula is C46H56Br2O18. The van der Waals surface area contributed by atoms with Crippen molar-refractivity contribution >= 4 is 73.6 Å². The molecule has 0 bridgehead atoms. The maximum absolute atomic E-state index is 13.7. The predicted octanol–water partition coefficient (Wildman–Crippen LogP) is 6.20. The van der Waals surface area contributed by atoms with Crippen LogP contribution in [0.15, 0.2) is 57.5 Å². The first-order valence-electron chi connectivity index (χ1n) is 21.5. The van der Waals surface area contributed by atoms with Crippen molar-refractivity contribution in [3.8, 4) is 0 Å². The number of hydrogen-bond acceptors (Lipinski definition) is 18. The average Bonchev–Trinajstić information content (AvgIpc) is 3.22. The van der Waals surface area contributed by atoms with Gasteiger partial charge in [0.25, 0.3) is 0 Å². The van der Waals surface area contributed by atoms with Crippen LogP contribution in [0.25, 0.3) is 0 Å². The van der Waals surface area contributed by atoms with E-state index in [0.29, 0.717) is 15.4 Å². The lowest BCUT2D eigenvalue weighted by Crippen LogP contribution is -2.65. The summed E-state index contributed by atoms with van der Waals surface area (Å²) in [4.78, 5) is 90.6. The zero-order chi connectivity index (χ0) is 48.4. The lowest BCUT2D eigenvalue weighted by atomic mass is 9.75. The van der Waals surface area contributed by atoms with Crippen LogP contribution in [0.1, 0.15) is 95.4 Å². The summed E-state index contributed by atoms with van der Waals surface area (Å²) >= 11 is 6.66. The molecule has 66 heavy (non-hydrogen) atoms. The van der Waals surface area contributed by atoms with E-state index in [2.05, 4.69) is 52.6 Å². The van der Waals surface area contributed by atoms with Gasteiger partial charge in [-0.15, -0.1) is 0 Å². The highest BCUT2D eigenvalue weighted by atomic mass is 79.9. The summed E-state index contributed by atoms with van der Waals surface area (Å²) in [7, 11) is 0. The summed E-state index contributed by atoms with van der Waals surface area (Å²) in [5.74, 6) is -5.27. The van der Waals surface area contributed by atoms with Crippen molar-refractivity contribution in [2.75, 3.05) is 13.2 Å². The second-order valence-electron chi connectivity index (χ2n) is 16.8. The third-order valence-corrected chi connectivity index (χ3v) is 12.2. The van der Waals surface area contributed by atoms with Crippen LogP contribution >= 0.6 is 31.9 Å². The van der Waals surface area contributed by atoms with Crippen LogP contribution in [0.2, 0.25) is 0 Å². The molecule has 2 aromatic carbocycles. The Hall–Kier alpha value is -4.47. The second kappa shape index (κ2) is 24.0. The maximum atomic E-state index is 13.7. The minimum Gasteiger partial charge on any atom is -0.459 e. The van der Waals surface area contributed by atoms with Crippen molar-refractivity contribution in [1.82, 2.24) is 0 Å². The molecule has 362 valence electrons. The van der Waals surface area contributed by atoms with Gasteiger partial charge in [0.15, 0.2) is 49.2 Å². The van der Waals surface area contributed by atoms with Crippen molar-refractivity contribution in [3.63, 3.8) is 0 Å². The fourth-order valence-electron chi connectivity index (χ4n) is 8.27. The number of carbonyl (C=O) groups excluding carboxylic acids is 7. The van der Waals surface area contributed by atoms with E-state index >= 15 is 0 Å². The molecule has 0 N–H and O–H groups in total. The Morgan fingerprint density at radius 2 is 0.985 bits per heavy atom. The number of halogens is 2. The number of carbonyl (C=O) groups is 7. The van der Waals surface area contributed by atoms with E-state index < -0.39 is 116 Å². The molecule has 0 spiro atoms. The molecule has 13 atom stereocenters. The van der Waals surface area contributed by atoms with Crippen molar-refractivity contribution < 1.29 is 85.7 Å². The van der Waals surface area contributed by atoms with Gasteiger partial charge >= 0.3 is 41.8 Å². The lowest BCUT2D eigenvalue weighted by molar-refractivity contribution is -0.341. The summed E-state index contributed by atoms with van der Waals surface area (Å²) in [5, 5.41) is 0. The molecule has 2 aliphatic heterocycles. The molecule has 18 nitrogen and oxygen atoms in total. The van der Waals surface area contributed by atoms with Crippen LogP contribution < -0.4 is 0 Å². The Labute approximate surface area is 399 Å². The number of ether oxygens (including phenoxy) is 11. The molecule has 1 saturated carbocycles. The molecule has 20 heteroatoms. The molecule has 2 saturated heterocycles. The van der Waals surface area contributed by atoms with Crippen LogP contribution in [0.5, 0.6) is 0 Å².